The van der Waals surface area contributed by atoms with E-state index in [0.717, 1.165) is 22.3 Å². The van der Waals surface area contributed by atoms with E-state index >= 15 is 0 Å². The first-order valence-corrected chi connectivity index (χ1v) is 6.81. The zero-order valence-electron chi connectivity index (χ0n) is 12.3. The number of anilines is 1. The first-order chi connectivity index (χ1) is 10.1. The number of hydrogen-bond donors (Lipinski definition) is 1. The Bertz CT molecular complexity index is 806. The van der Waals surface area contributed by atoms with E-state index in [9.17, 15) is 0 Å². The zero-order chi connectivity index (χ0) is 15.0. The van der Waals surface area contributed by atoms with E-state index < -0.39 is 0 Å². The highest BCUT2D eigenvalue weighted by atomic mass is 16.5. The van der Waals surface area contributed by atoms with Crippen LogP contribution in [-0.4, -0.2) is 10.1 Å². The highest BCUT2D eigenvalue weighted by Gasteiger charge is 2.18. The van der Waals surface area contributed by atoms with Crippen molar-refractivity contribution in [1.29, 1.82) is 0 Å². The van der Waals surface area contributed by atoms with Crippen LogP contribution in [0.2, 0.25) is 0 Å². The van der Waals surface area contributed by atoms with E-state index in [0.29, 0.717) is 11.6 Å². The van der Waals surface area contributed by atoms with E-state index in [-0.39, 0.29) is 0 Å². The molecule has 0 amide bonds. The summed E-state index contributed by atoms with van der Waals surface area (Å²) in [6, 6.07) is 8.23. The molecule has 3 aromatic rings. The van der Waals surface area contributed by atoms with Gasteiger partial charge in [0.15, 0.2) is 11.6 Å². The molecule has 0 fully saturated rings. The number of aromatic nitrogens is 2. The second-order valence-electron chi connectivity index (χ2n) is 5.32. The van der Waals surface area contributed by atoms with Crippen molar-refractivity contribution < 1.29 is 4.52 Å². The molecule has 3 rings (SSSR count). The van der Waals surface area contributed by atoms with Crippen LogP contribution in [0.4, 0.5) is 5.82 Å². The highest BCUT2D eigenvalue weighted by molar-refractivity contribution is 5.86. The SMILES string of the molecule is Cc1cncc(-c2onc(N)c2-c2ccc(C)c(C)c2)c1. The fraction of sp³-hybridized carbons (Fsp3) is 0.176. The Morgan fingerprint density at radius 2 is 1.76 bits per heavy atom. The molecular formula is C17H17N3O. The topological polar surface area (TPSA) is 64.9 Å². The Kier molecular flexibility index (Phi) is 3.22. The first-order valence-electron chi connectivity index (χ1n) is 6.81. The number of nitrogens with zero attached hydrogens (tertiary/aromatic N) is 2. The zero-order valence-corrected chi connectivity index (χ0v) is 12.3. The molecule has 0 unspecified atom stereocenters. The van der Waals surface area contributed by atoms with Crippen molar-refractivity contribution >= 4 is 5.82 Å². The molecule has 0 radical (unpaired) electrons. The number of nitrogen functional groups attached to an aromatic ring is 1. The van der Waals surface area contributed by atoms with Crippen molar-refractivity contribution in [3.05, 3.63) is 53.3 Å². The molecule has 0 atom stereocenters. The lowest BCUT2D eigenvalue weighted by Crippen LogP contribution is -1.91. The molecular weight excluding hydrogens is 262 g/mol. The maximum absolute atomic E-state index is 6.01. The van der Waals surface area contributed by atoms with Crippen LogP contribution >= 0.6 is 0 Å². The minimum absolute atomic E-state index is 0.398. The number of aryl methyl sites for hydroxylation is 3. The van der Waals surface area contributed by atoms with Crippen LogP contribution in [0.15, 0.2) is 41.2 Å². The first kappa shape index (κ1) is 13.4. The summed E-state index contributed by atoms with van der Waals surface area (Å²) >= 11 is 0. The van der Waals surface area contributed by atoms with Gasteiger partial charge in [0.25, 0.3) is 0 Å². The molecule has 2 N–H and O–H groups in total. The summed E-state index contributed by atoms with van der Waals surface area (Å²) in [5, 5.41) is 3.93. The van der Waals surface area contributed by atoms with Gasteiger partial charge in [-0.15, -0.1) is 0 Å². The van der Waals surface area contributed by atoms with Crippen molar-refractivity contribution in [2.45, 2.75) is 20.8 Å². The smallest absolute Gasteiger partial charge is 0.178 e. The van der Waals surface area contributed by atoms with Gasteiger partial charge in [0.2, 0.25) is 0 Å². The van der Waals surface area contributed by atoms with Crippen LogP contribution in [0, 0.1) is 20.8 Å². The molecule has 4 nitrogen and oxygen atoms in total. The molecule has 2 aromatic heterocycles. The van der Waals surface area contributed by atoms with Crippen molar-refractivity contribution in [2.24, 2.45) is 0 Å². The Labute approximate surface area is 123 Å². The third kappa shape index (κ3) is 2.40. The third-order valence-electron chi connectivity index (χ3n) is 3.65. The van der Waals surface area contributed by atoms with E-state index in [1.807, 2.05) is 19.1 Å². The van der Waals surface area contributed by atoms with Crippen LogP contribution in [0.1, 0.15) is 16.7 Å². The Morgan fingerprint density at radius 1 is 0.952 bits per heavy atom. The van der Waals surface area contributed by atoms with Crippen LogP contribution in [0.25, 0.3) is 22.5 Å². The number of pyridine rings is 1. The Balaban J connectivity index is 2.19. The van der Waals surface area contributed by atoms with Crippen molar-refractivity contribution in [3.63, 3.8) is 0 Å². The quantitative estimate of drug-likeness (QED) is 0.772. The maximum Gasteiger partial charge on any atom is 0.178 e. The molecule has 0 aliphatic rings. The third-order valence-corrected chi connectivity index (χ3v) is 3.65. The Morgan fingerprint density at radius 3 is 2.48 bits per heavy atom. The number of nitrogens with two attached hydrogens (primary N) is 1. The van der Waals surface area contributed by atoms with E-state index in [2.05, 4.69) is 36.1 Å². The van der Waals surface area contributed by atoms with Gasteiger partial charge in [0.05, 0.1) is 5.56 Å². The van der Waals surface area contributed by atoms with Crippen molar-refractivity contribution in [2.75, 3.05) is 5.73 Å². The summed E-state index contributed by atoms with van der Waals surface area (Å²) < 4.78 is 5.45. The predicted octanol–water partition coefficient (Wildman–Crippen LogP) is 3.91. The normalized spacial score (nSPS) is 10.8. The van der Waals surface area contributed by atoms with Gasteiger partial charge >= 0.3 is 0 Å². The number of benzene rings is 1. The molecule has 0 saturated heterocycles. The largest absolute Gasteiger partial charge is 0.380 e. The maximum atomic E-state index is 6.01. The molecule has 21 heavy (non-hydrogen) atoms. The predicted molar refractivity (Wildman–Crippen MR) is 83.8 cm³/mol. The van der Waals surface area contributed by atoms with Gasteiger partial charge in [-0.05, 0) is 49.1 Å². The van der Waals surface area contributed by atoms with Crippen LogP contribution in [0.3, 0.4) is 0 Å². The molecule has 0 aliphatic heterocycles. The summed E-state index contributed by atoms with van der Waals surface area (Å²) in [5.74, 6) is 1.06. The summed E-state index contributed by atoms with van der Waals surface area (Å²) in [6.07, 6.45) is 3.57. The summed E-state index contributed by atoms with van der Waals surface area (Å²) in [6.45, 7) is 6.16. The van der Waals surface area contributed by atoms with Crippen LogP contribution in [-0.2, 0) is 0 Å². The second kappa shape index (κ2) is 5.05. The van der Waals surface area contributed by atoms with E-state index in [1.54, 1.807) is 12.4 Å². The van der Waals surface area contributed by atoms with Crippen LogP contribution in [0.5, 0.6) is 0 Å². The fourth-order valence-electron chi connectivity index (χ4n) is 2.35. The second-order valence-corrected chi connectivity index (χ2v) is 5.32. The van der Waals surface area contributed by atoms with Gasteiger partial charge < -0.3 is 10.3 Å². The average molecular weight is 279 g/mol. The summed E-state index contributed by atoms with van der Waals surface area (Å²) in [7, 11) is 0. The molecule has 106 valence electrons. The standard InChI is InChI=1S/C17H17N3O/c1-10-6-14(9-19-8-10)16-15(17(18)20-21-16)13-5-4-11(2)12(3)7-13/h4-9H,1-3H3,(H2,18,20). The van der Waals surface area contributed by atoms with Gasteiger partial charge in [-0.1, -0.05) is 23.4 Å². The van der Waals surface area contributed by atoms with E-state index in [4.69, 9.17) is 10.3 Å². The molecule has 0 bridgehead atoms. The van der Waals surface area contributed by atoms with Gasteiger partial charge in [-0.2, -0.15) is 0 Å². The lowest BCUT2D eigenvalue weighted by Gasteiger charge is -2.06. The lowest BCUT2D eigenvalue weighted by molar-refractivity contribution is 0.436. The van der Waals surface area contributed by atoms with Gasteiger partial charge in [-0.3, -0.25) is 4.98 Å². The van der Waals surface area contributed by atoms with Crippen LogP contribution < -0.4 is 5.73 Å². The molecule has 0 aliphatic carbocycles. The molecule has 0 spiro atoms. The summed E-state index contributed by atoms with van der Waals surface area (Å²) in [4.78, 5) is 4.21. The average Bonchev–Trinajstić information content (AvgIpc) is 2.84. The van der Waals surface area contributed by atoms with Crippen molar-refractivity contribution in [3.8, 4) is 22.5 Å². The van der Waals surface area contributed by atoms with Gasteiger partial charge in [0, 0.05) is 18.0 Å². The molecule has 1 aromatic carbocycles. The summed E-state index contributed by atoms with van der Waals surface area (Å²) in [5.41, 5.74) is 12.2. The molecule has 4 heteroatoms. The molecule has 0 saturated carbocycles. The molecule has 2 heterocycles. The van der Waals surface area contributed by atoms with Gasteiger partial charge in [0.1, 0.15) is 0 Å². The number of hydrogen-bond acceptors (Lipinski definition) is 4. The fourth-order valence-corrected chi connectivity index (χ4v) is 2.35. The highest BCUT2D eigenvalue weighted by Crippen LogP contribution is 2.37. The lowest BCUT2D eigenvalue weighted by atomic mass is 9.98. The van der Waals surface area contributed by atoms with Crippen molar-refractivity contribution in [1.82, 2.24) is 10.1 Å². The minimum Gasteiger partial charge on any atom is -0.380 e. The minimum atomic E-state index is 0.398. The van der Waals surface area contributed by atoms with Gasteiger partial charge in [-0.25, -0.2) is 0 Å². The Hall–Kier alpha value is -2.62. The monoisotopic (exact) mass is 279 g/mol. The van der Waals surface area contributed by atoms with E-state index in [1.165, 1.54) is 11.1 Å². The number of rotatable bonds is 2.